The zero-order valence-corrected chi connectivity index (χ0v) is 25.9. The molecule has 0 unspecified atom stereocenters. The summed E-state index contributed by atoms with van der Waals surface area (Å²) in [6.45, 7) is 6.99. The molecule has 2 aromatic carbocycles. The smallest absolute Gasteiger partial charge is 0.0654 e. The summed E-state index contributed by atoms with van der Waals surface area (Å²) in [5, 5.41) is 1.76. The van der Waals surface area contributed by atoms with Crippen molar-refractivity contribution in [3.05, 3.63) is 54.6 Å². The van der Waals surface area contributed by atoms with Gasteiger partial charge in [0.05, 0.1) is 18.5 Å². The normalized spacial score (nSPS) is 11.8. The molecule has 0 aliphatic heterocycles. The van der Waals surface area contributed by atoms with Crippen molar-refractivity contribution in [1.29, 1.82) is 0 Å². The van der Waals surface area contributed by atoms with E-state index in [0.29, 0.717) is 0 Å². The molecule has 0 fully saturated rings. The topological polar surface area (TPSA) is 0 Å². The fraction of sp³-hybridized carbons (Fsp3) is 0.667. The van der Waals surface area contributed by atoms with Crippen LogP contribution in [0.5, 0.6) is 0 Å². The maximum atomic E-state index is 2.56. The quantitative estimate of drug-likeness (QED) is 0.100. The summed E-state index contributed by atoms with van der Waals surface area (Å²) in [5.41, 5.74) is 2.97. The number of hydrogen-bond acceptors (Lipinski definition) is 0. The standard InChI is InChI=1S/C36H60P/c1-4-7-10-13-16-24-31-37(32-25-17-14-11-8-5-2,33-26-18-15-12-9-6-3)36-30-23-22-29-35(36)34-27-20-19-21-28-34/h19-23,27-30H,4-18,24-26,31-33H2,1-3H3/q+1. The lowest BCUT2D eigenvalue weighted by molar-refractivity contribution is 0.616. The molecule has 0 amide bonds. The molecule has 0 saturated heterocycles. The Morgan fingerprint density at radius 3 is 1.24 bits per heavy atom. The Hall–Kier alpha value is -1.13. The van der Waals surface area contributed by atoms with Crippen LogP contribution in [0.3, 0.4) is 0 Å². The van der Waals surface area contributed by atoms with E-state index < -0.39 is 7.26 Å². The average Bonchev–Trinajstić information content (AvgIpc) is 2.94. The lowest BCUT2D eigenvalue weighted by atomic mass is 10.1. The van der Waals surface area contributed by atoms with Crippen molar-refractivity contribution < 1.29 is 0 Å². The van der Waals surface area contributed by atoms with Crippen molar-refractivity contribution >= 4 is 12.6 Å². The summed E-state index contributed by atoms with van der Waals surface area (Å²) in [4.78, 5) is 0. The van der Waals surface area contributed by atoms with Crippen molar-refractivity contribution in [2.24, 2.45) is 0 Å². The number of hydrogen-bond donors (Lipinski definition) is 0. The predicted molar refractivity (Wildman–Crippen MR) is 173 cm³/mol. The molecular formula is C36H60P+. The van der Waals surface area contributed by atoms with Gasteiger partial charge in [0.2, 0.25) is 0 Å². The Labute approximate surface area is 232 Å². The molecule has 0 atom stereocenters. The predicted octanol–water partition coefficient (Wildman–Crippen LogP) is 12.1. The molecule has 0 aliphatic rings. The van der Waals surface area contributed by atoms with Gasteiger partial charge in [-0.2, -0.15) is 0 Å². The van der Waals surface area contributed by atoms with Gasteiger partial charge in [-0.25, -0.2) is 0 Å². The third kappa shape index (κ3) is 12.5. The molecule has 0 radical (unpaired) electrons. The third-order valence-corrected chi connectivity index (χ3v) is 13.2. The first-order valence-electron chi connectivity index (χ1n) is 16.3. The first kappa shape index (κ1) is 32.1. The molecule has 37 heavy (non-hydrogen) atoms. The van der Waals surface area contributed by atoms with E-state index in [0.717, 1.165) is 0 Å². The minimum Gasteiger partial charge on any atom is -0.0654 e. The monoisotopic (exact) mass is 523 g/mol. The molecule has 0 spiro atoms. The molecule has 0 aliphatic carbocycles. The minimum atomic E-state index is -1.22. The van der Waals surface area contributed by atoms with Gasteiger partial charge in [0, 0.05) is 12.8 Å². The van der Waals surface area contributed by atoms with Crippen LogP contribution in [0.4, 0.5) is 0 Å². The van der Waals surface area contributed by atoms with Crippen LogP contribution in [-0.2, 0) is 0 Å². The minimum absolute atomic E-state index is 1.22. The first-order chi connectivity index (χ1) is 18.3. The molecule has 1 heteroatoms. The zero-order valence-electron chi connectivity index (χ0n) is 25.0. The van der Waals surface area contributed by atoms with E-state index in [4.69, 9.17) is 0 Å². The van der Waals surface area contributed by atoms with Gasteiger partial charge >= 0.3 is 0 Å². The maximum Gasteiger partial charge on any atom is 0.102 e. The second-order valence-electron chi connectivity index (χ2n) is 11.5. The van der Waals surface area contributed by atoms with Gasteiger partial charge in [-0.1, -0.05) is 146 Å². The summed E-state index contributed by atoms with van der Waals surface area (Å²) in [7, 11) is -1.22. The van der Waals surface area contributed by atoms with Gasteiger partial charge in [0.1, 0.15) is 5.30 Å². The van der Waals surface area contributed by atoms with E-state index in [-0.39, 0.29) is 0 Å². The summed E-state index contributed by atoms with van der Waals surface area (Å²) in [6, 6.07) is 20.9. The highest BCUT2D eigenvalue weighted by molar-refractivity contribution is 7.83. The Bertz CT molecular complexity index is 739. The fourth-order valence-electron chi connectivity index (χ4n) is 6.03. The summed E-state index contributed by atoms with van der Waals surface area (Å²) >= 11 is 0. The lowest BCUT2D eigenvalue weighted by Gasteiger charge is -2.30. The number of benzene rings is 2. The molecule has 0 heterocycles. The second-order valence-corrected chi connectivity index (χ2v) is 15.6. The molecule has 208 valence electrons. The van der Waals surface area contributed by atoms with Gasteiger partial charge in [-0.15, -0.1) is 0 Å². The highest BCUT2D eigenvalue weighted by Gasteiger charge is 2.40. The van der Waals surface area contributed by atoms with Crippen molar-refractivity contribution in [3.8, 4) is 11.1 Å². The third-order valence-electron chi connectivity index (χ3n) is 8.32. The molecule has 0 nitrogen and oxygen atoms in total. The fourth-order valence-corrected chi connectivity index (χ4v) is 11.0. The zero-order chi connectivity index (χ0) is 26.4. The molecule has 0 saturated carbocycles. The van der Waals surface area contributed by atoms with Gasteiger partial charge in [0.25, 0.3) is 0 Å². The van der Waals surface area contributed by atoms with E-state index in [2.05, 4.69) is 75.4 Å². The molecule has 0 N–H and O–H groups in total. The van der Waals surface area contributed by atoms with Gasteiger partial charge in [-0.05, 0) is 50.2 Å². The van der Waals surface area contributed by atoms with Crippen molar-refractivity contribution in [2.45, 2.75) is 136 Å². The van der Waals surface area contributed by atoms with Crippen LogP contribution in [0.15, 0.2) is 54.6 Å². The summed E-state index contributed by atoms with van der Waals surface area (Å²) < 4.78 is 0. The first-order valence-corrected chi connectivity index (χ1v) is 18.6. The number of unbranched alkanes of at least 4 members (excludes halogenated alkanes) is 15. The van der Waals surface area contributed by atoms with E-state index in [1.807, 2.05) is 0 Å². The highest BCUT2D eigenvalue weighted by atomic mass is 31.2. The largest absolute Gasteiger partial charge is 0.102 e. The average molecular weight is 524 g/mol. The summed E-state index contributed by atoms with van der Waals surface area (Å²) in [5.74, 6) is 0. The van der Waals surface area contributed by atoms with Crippen molar-refractivity contribution in [2.75, 3.05) is 18.5 Å². The molecule has 0 bridgehead atoms. The van der Waals surface area contributed by atoms with E-state index in [9.17, 15) is 0 Å². The Morgan fingerprint density at radius 1 is 0.405 bits per heavy atom. The Morgan fingerprint density at radius 2 is 0.784 bits per heavy atom. The van der Waals surface area contributed by atoms with E-state index in [1.54, 1.807) is 10.9 Å². The second kappa shape index (κ2) is 20.8. The molecule has 2 rings (SSSR count). The lowest BCUT2D eigenvalue weighted by Crippen LogP contribution is -2.23. The van der Waals surface area contributed by atoms with E-state index in [1.165, 1.54) is 140 Å². The van der Waals surface area contributed by atoms with Crippen molar-refractivity contribution in [1.82, 2.24) is 0 Å². The maximum absolute atomic E-state index is 2.56. The van der Waals surface area contributed by atoms with Crippen LogP contribution >= 0.6 is 7.26 Å². The Balaban J connectivity index is 2.26. The number of rotatable bonds is 23. The highest BCUT2D eigenvalue weighted by Crippen LogP contribution is 2.61. The van der Waals surface area contributed by atoms with Crippen LogP contribution in [0.1, 0.15) is 136 Å². The van der Waals surface area contributed by atoms with Crippen LogP contribution in [-0.4, -0.2) is 18.5 Å². The SMILES string of the molecule is CCCCCCCC[P+](CCCCCCCC)(CCCCCCCC)c1ccccc1-c1ccccc1. The van der Waals surface area contributed by atoms with Crippen LogP contribution in [0.2, 0.25) is 0 Å². The van der Waals surface area contributed by atoms with Gasteiger partial charge in [-0.3, -0.25) is 0 Å². The van der Waals surface area contributed by atoms with Gasteiger partial charge in [0.15, 0.2) is 0 Å². The molecule has 0 aromatic heterocycles. The molecule has 2 aromatic rings. The van der Waals surface area contributed by atoms with Crippen LogP contribution < -0.4 is 5.30 Å². The van der Waals surface area contributed by atoms with Crippen molar-refractivity contribution in [3.63, 3.8) is 0 Å². The van der Waals surface area contributed by atoms with Crippen LogP contribution in [0, 0.1) is 0 Å². The summed E-state index contributed by atoms with van der Waals surface area (Å²) in [6.07, 6.45) is 29.9. The van der Waals surface area contributed by atoms with Crippen LogP contribution in [0.25, 0.3) is 11.1 Å². The van der Waals surface area contributed by atoms with E-state index >= 15 is 0 Å². The van der Waals surface area contributed by atoms with Gasteiger partial charge < -0.3 is 0 Å². The molecular weight excluding hydrogens is 463 g/mol. The Kier molecular flexibility index (Phi) is 18.0.